The third-order valence-electron chi connectivity index (χ3n) is 4.44. The summed E-state index contributed by atoms with van der Waals surface area (Å²) in [6, 6.07) is 7.62. The number of carbonyl (C=O) groups is 3. The molecule has 0 fully saturated rings. The van der Waals surface area contributed by atoms with E-state index in [1.165, 1.54) is 31.4 Å². The Hall–Kier alpha value is -2.77. The predicted molar refractivity (Wildman–Crippen MR) is 104 cm³/mol. The van der Waals surface area contributed by atoms with E-state index in [1.54, 1.807) is 12.1 Å². The molecule has 0 saturated heterocycles. The van der Waals surface area contributed by atoms with Crippen molar-refractivity contribution in [3.05, 3.63) is 63.1 Å². The van der Waals surface area contributed by atoms with E-state index in [9.17, 15) is 19.5 Å². The van der Waals surface area contributed by atoms with Crippen molar-refractivity contribution < 1.29 is 24.2 Å². The van der Waals surface area contributed by atoms with Crippen LogP contribution in [-0.2, 0) is 9.53 Å². The zero-order valence-corrected chi connectivity index (χ0v) is 16.2. The van der Waals surface area contributed by atoms with Crippen LogP contribution in [0.1, 0.15) is 38.7 Å². The van der Waals surface area contributed by atoms with Crippen LogP contribution < -0.4 is 10.6 Å². The zero-order chi connectivity index (χ0) is 20.4. The number of hydrogen-bond acceptors (Lipinski definition) is 5. The van der Waals surface area contributed by atoms with Gasteiger partial charge in [0.2, 0.25) is 0 Å². The number of fused-ring (bicyclic) bond motifs is 1. The van der Waals surface area contributed by atoms with E-state index < -0.39 is 29.9 Å². The third kappa shape index (κ3) is 3.90. The van der Waals surface area contributed by atoms with Crippen LogP contribution in [0.3, 0.4) is 0 Å². The summed E-state index contributed by atoms with van der Waals surface area (Å²) in [4.78, 5) is 36.2. The average molecular weight is 423 g/mol. The Bertz CT molecular complexity index is 963. The van der Waals surface area contributed by atoms with E-state index >= 15 is 0 Å². The highest BCUT2D eigenvalue weighted by Gasteiger charge is 2.34. The average Bonchev–Trinajstić information content (AvgIpc) is 2.66. The summed E-state index contributed by atoms with van der Waals surface area (Å²) in [5.74, 6) is -2.31. The number of benzene rings is 2. The second-order valence-corrected chi connectivity index (χ2v) is 7.03. The maximum absolute atomic E-state index is 12.8. The smallest absolute Gasteiger partial charge is 0.336 e. The number of carboxylic acids is 1. The van der Waals surface area contributed by atoms with Gasteiger partial charge in [-0.25, -0.2) is 9.59 Å². The van der Waals surface area contributed by atoms with E-state index in [1.807, 2.05) is 0 Å². The van der Waals surface area contributed by atoms with Crippen molar-refractivity contribution in [2.45, 2.75) is 18.5 Å². The molecular formula is C19H16Cl2N2O5. The van der Waals surface area contributed by atoms with Gasteiger partial charge in [0.25, 0.3) is 5.91 Å². The first-order valence-electron chi connectivity index (χ1n) is 8.28. The van der Waals surface area contributed by atoms with Gasteiger partial charge in [0, 0.05) is 27.7 Å². The Labute approximate surface area is 170 Å². The molecule has 2 atom stereocenters. The second kappa shape index (κ2) is 8.08. The van der Waals surface area contributed by atoms with Crippen molar-refractivity contribution in [1.29, 1.82) is 0 Å². The topological polar surface area (TPSA) is 105 Å². The number of carboxylic acid groups (broad SMARTS) is 1. The fourth-order valence-corrected chi connectivity index (χ4v) is 3.82. The minimum Gasteiger partial charge on any atom is -0.478 e. The first-order chi connectivity index (χ1) is 13.3. The van der Waals surface area contributed by atoms with Crippen LogP contribution in [0.5, 0.6) is 0 Å². The van der Waals surface area contributed by atoms with Gasteiger partial charge in [-0.3, -0.25) is 4.79 Å². The number of methoxy groups -OCH3 is 1. The Morgan fingerprint density at radius 2 is 1.86 bits per heavy atom. The molecule has 2 aromatic rings. The molecule has 1 aliphatic rings. The summed E-state index contributed by atoms with van der Waals surface area (Å²) in [5.41, 5.74) is 0.944. The van der Waals surface area contributed by atoms with Crippen LogP contribution in [0, 0.1) is 0 Å². The van der Waals surface area contributed by atoms with E-state index in [2.05, 4.69) is 10.6 Å². The lowest BCUT2D eigenvalue weighted by Crippen LogP contribution is -2.42. The van der Waals surface area contributed by atoms with Gasteiger partial charge in [0.15, 0.2) is 0 Å². The number of rotatable bonds is 4. The van der Waals surface area contributed by atoms with Crippen molar-refractivity contribution >= 4 is 46.7 Å². The Balaban J connectivity index is 1.98. The van der Waals surface area contributed by atoms with Gasteiger partial charge < -0.3 is 20.5 Å². The summed E-state index contributed by atoms with van der Waals surface area (Å²) in [6.45, 7) is 0. The highest BCUT2D eigenvalue weighted by atomic mass is 35.5. The first kappa shape index (κ1) is 20.0. The largest absolute Gasteiger partial charge is 0.478 e. The molecule has 9 heteroatoms. The standard InChI is InChI=1S/C19H16Cl2N2O5/c1-28-19(27)15-8-14(16-12(21)6-9(20)7-13(16)22-15)23-17(24)10-4-2-3-5-11(10)18(25)26/h2-7,14-15,22H,8H2,1H3,(H,23,24)(H,25,26). The molecule has 28 heavy (non-hydrogen) atoms. The molecule has 2 aromatic carbocycles. The molecule has 0 radical (unpaired) electrons. The van der Waals surface area contributed by atoms with Crippen molar-refractivity contribution in [2.75, 3.05) is 12.4 Å². The quantitative estimate of drug-likeness (QED) is 0.650. The Kier molecular flexibility index (Phi) is 5.76. The number of ether oxygens (including phenoxy) is 1. The zero-order valence-electron chi connectivity index (χ0n) is 14.7. The first-order valence-corrected chi connectivity index (χ1v) is 9.04. The number of nitrogens with one attached hydrogen (secondary N) is 2. The highest BCUT2D eigenvalue weighted by Crippen LogP contribution is 2.40. The molecule has 1 aliphatic heterocycles. The lowest BCUT2D eigenvalue weighted by atomic mass is 9.92. The summed E-state index contributed by atoms with van der Waals surface area (Å²) in [5, 5.41) is 15.8. The lowest BCUT2D eigenvalue weighted by molar-refractivity contribution is -0.141. The van der Waals surface area contributed by atoms with Gasteiger partial charge in [0.05, 0.1) is 24.3 Å². The van der Waals surface area contributed by atoms with Gasteiger partial charge in [-0.05, 0) is 24.3 Å². The van der Waals surface area contributed by atoms with Gasteiger partial charge in [-0.15, -0.1) is 0 Å². The van der Waals surface area contributed by atoms with Gasteiger partial charge in [0.1, 0.15) is 6.04 Å². The molecular weight excluding hydrogens is 407 g/mol. The number of anilines is 1. The van der Waals surface area contributed by atoms with E-state index in [4.69, 9.17) is 27.9 Å². The molecule has 2 unspecified atom stereocenters. The number of amides is 1. The number of esters is 1. The minimum atomic E-state index is -1.21. The van der Waals surface area contributed by atoms with Crippen molar-refractivity contribution in [3.8, 4) is 0 Å². The Morgan fingerprint density at radius 1 is 1.18 bits per heavy atom. The fraction of sp³-hybridized carbons (Fsp3) is 0.211. The predicted octanol–water partition coefficient (Wildman–Crippen LogP) is 3.52. The van der Waals surface area contributed by atoms with Crippen LogP contribution in [0.25, 0.3) is 0 Å². The minimum absolute atomic E-state index is 0.00906. The molecule has 146 valence electrons. The van der Waals surface area contributed by atoms with Crippen LogP contribution in [0.15, 0.2) is 36.4 Å². The molecule has 0 aromatic heterocycles. The summed E-state index contributed by atoms with van der Waals surface area (Å²) in [7, 11) is 1.27. The molecule has 0 aliphatic carbocycles. The molecule has 7 nitrogen and oxygen atoms in total. The van der Waals surface area contributed by atoms with Crippen LogP contribution >= 0.6 is 23.2 Å². The SMILES string of the molecule is COC(=O)C1CC(NC(=O)c2ccccc2C(=O)O)c2c(Cl)cc(Cl)cc2N1. The Morgan fingerprint density at radius 3 is 2.50 bits per heavy atom. The van der Waals surface area contributed by atoms with E-state index in [0.717, 1.165) is 0 Å². The van der Waals surface area contributed by atoms with Gasteiger partial charge >= 0.3 is 11.9 Å². The molecule has 1 amide bonds. The van der Waals surface area contributed by atoms with Crippen molar-refractivity contribution in [2.24, 2.45) is 0 Å². The molecule has 0 bridgehead atoms. The maximum atomic E-state index is 12.8. The maximum Gasteiger partial charge on any atom is 0.336 e. The monoisotopic (exact) mass is 422 g/mol. The fourth-order valence-electron chi connectivity index (χ4n) is 3.19. The molecule has 3 N–H and O–H groups in total. The van der Waals surface area contributed by atoms with Crippen LogP contribution in [-0.4, -0.2) is 36.1 Å². The van der Waals surface area contributed by atoms with Crippen LogP contribution in [0.4, 0.5) is 5.69 Å². The number of halogens is 2. The van der Waals surface area contributed by atoms with E-state index in [0.29, 0.717) is 21.3 Å². The summed E-state index contributed by atoms with van der Waals surface area (Å²) in [6.07, 6.45) is 0.169. The summed E-state index contributed by atoms with van der Waals surface area (Å²) >= 11 is 12.4. The number of aromatic carboxylic acids is 1. The molecule has 3 rings (SSSR count). The molecule has 0 spiro atoms. The van der Waals surface area contributed by atoms with Crippen LogP contribution in [0.2, 0.25) is 10.0 Å². The van der Waals surface area contributed by atoms with Gasteiger partial charge in [-0.2, -0.15) is 0 Å². The van der Waals surface area contributed by atoms with Crippen molar-refractivity contribution in [1.82, 2.24) is 5.32 Å². The summed E-state index contributed by atoms with van der Waals surface area (Å²) < 4.78 is 4.80. The molecule has 0 saturated carbocycles. The lowest BCUT2D eigenvalue weighted by Gasteiger charge is -2.33. The number of hydrogen-bond donors (Lipinski definition) is 3. The number of carbonyl (C=O) groups excluding carboxylic acids is 2. The second-order valence-electron chi connectivity index (χ2n) is 6.18. The van der Waals surface area contributed by atoms with Crippen molar-refractivity contribution in [3.63, 3.8) is 0 Å². The third-order valence-corrected chi connectivity index (χ3v) is 4.97. The van der Waals surface area contributed by atoms with Gasteiger partial charge in [-0.1, -0.05) is 35.3 Å². The normalized spacial score (nSPS) is 17.8. The highest BCUT2D eigenvalue weighted by molar-refractivity contribution is 6.35. The molecule has 1 heterocycles. The van der Waals surface area contributed by atoms with E-state index in [-0.39, 0.29) is 17.5 Å².